The van der Waals surface area contributed by atoms with Gasteiger partial charge in [0.05, 0.1) is 26.2 Å². The largest absolute Gasteiger partial charge is 0.632 e. The lowest BCUT2D eigenvalue weighted by Gasteiger charge is -2.53. The molecule has 1 amide bonds. The quantitative estimate of drug-likeness (QED) is 0.474. The van der Waals surface area contributed by atoms with Crippen molar-refractivity contribution < 1.29 is 9.44 Å². The molecule has 3 heterocycles. The van der Waals surface area contributed by atoms with Crippen molar-refractivity contribution in [1.82, 2.24) is 15.2 Å². The van der Waals surface area contributed by atoms with E-state index in [0.29, 0.717) is 43.5 Å². The number of quaternary nitrogens is 1. The summed E-state index contributed by atoms with van der Waals surface area (Å²) in [5.41, 5.74) is 4.13. The summed E-state index contributed by atoms with van der Waals surface area (Å²) in [6, 6.07) is 7.57. The predicted octanol–water partition coefficient (Wildman–Crippen LogP) is 4.23. The minimum Gasteiger partial charge on any atom is -0.632 e. The number of hydrogen-bond donors (Lipinski definition) is 1. The molecule has 2 aromatic rings. The predicted molar refractivity (Wildman–Crippen MR) is 133 cm³/mol. The number of aryl methyl sites for hydroxylation is 2. The molecule has 1 atom stereocenters. The fraction of sp³-hybridized carbons (Fsp3) is 0.520. The van der Waals surface area contributed by atoms with Crippen molar-refractivity contribution in [2.75, 3.05) is 39.3 Å². The Kier molecular flexibility index (Phi) is 6.78. The number of piperidine rings is 1. The molecule has 8 heteroatoms. The number of aromatic nitrogens is 1. The van der Waals surface area contributed by atoms with E-state index in [0.717, 1.165) is 65.6 Å². The van der Waals surface area contributed by atoms with Crippen LogP contribution >= 0.6 is 27.5 Å². The molecule has 0 spiro atoms. The molecule has 5 rings (SSSR count). The van der Waals surface area contributed by atoms with Crippen LogP contribution in [0.25, 0.3) is 0 Å². The first-order valence-corrected chi connectivity index (χ1v) is 13.1. The van der Waals surface area contributed by atoms with E-state index < -0.39 is 6.04 Å². The number of nitrogens with zero attached hydrogens (tertiary/aromatic N) is 3. The maximum atomic E-state index is 14.4. The molecule has 2 aliphatic heterocycles. The van der Waals surface area contributed by atoms with Gasteiger partial charge in [-0.1, -0.05) is 17.7 Å². The van der Waals surface area contributed by atoms with Crippen LogP contribution < -0.4 is 5.32 Å². The molecule has 1 aliphatic carbocycles. The summed E-state index contributed by atoms with van der Waals surface area (Å²) in [6.07, 6.45) is 6.16. The minimum absolute atomic E-state index is 0.198. The lowest BCUT2D eigenvalue weighted by molar-refractivity contribution is -0.909. The second-order valence-corrected chi connectivity index (χ2v) is 11.0. The fourth-order valence-electron chi connectivity index (χ4n) is 5.66. The van der Waals surface area contributed by atoms with Gasteiger partial charge in [0.15, 0.2) is 6.04 Å². The van der Waals surface area contributed by atoms with Crippen LogP contribution in [0.5, 0.6) is 0 Å². The number of halogens is 2. The van der Waals surface area contributed by atoms with Crippen molar-refractivity contribution in [1.29, 1.82) is 0 Å². The second-order valence-electron chi connectivity index (χ2n) is 9.62. The Hall–Kier alpha value is -1.51. The van der Waals surface area contributed by atoms with Crippen LogP contribution in [0.2, 0.25) is 5.02 Å². The zero-order valence-electron chi connectivity index (χ0n) is 18.7. The average molecular weight is 534 g/mol. The minimum atomic E-state index is -0.399. The lowest BCUT2D eigenvalue weighted by atomic mass is 9.93. The van der Waals surface area contributed by atoms with Crippen LogP contribution in [-0.4, -0.2) is 59.7 Å². The first-order valence-electron chi connectivity index (χ1n) is 11.9. The number of carbonyl (C=O) groups is 1. The van der Waals surface area contributed by atoms with E-state index in [-0.39, 0.29) is 10.6 Å². The van der Waals surface area contributed by atoms with E-state index in [1.54, 1.807) is 6.20 Å². The molecular formula is C25H30BrClN4O2. The lowest BCUT2D eigenvalue weighted by Crippen LogP contribution is -2.59. The Morgan fingerprint density at radius 3 is 2.67 bits per heavy atom. The summed E-state index contributed by atoms with van der Waals surface area (Å²) in [7, 11) is 0. The molecule has 2 saturated heterocycles. The SMILES string of the molecule is O=C(CC1CCNCC1)N1CC[N+]([O-])(C2c3ccc(Cl)cc3CCc3cc(Br)cnc32)CC1. The zero-order chi connectivity index (χ0) is 23.0. The molecule has 1 aromatic carbocycles. The van der Waals surface area contributed by atoms with Gasteiger partial charge in [-0.25, -0.2) is 0 Å². The van der Waals surface area contributed by atoms with E-state index >= 15 is 0 Å². The van der Waals surface area contributed by atoms with Crippen molar-refractivity contribution in [3.63, 3.8) is 0 Å². The van der Waals surface area contributed by atoms with Gasteiger partial charge in [0.2, 0.25) is 5.91 Å². The number of benzene rings is 1. The van der Waals surface area contributed by atoms with Crippen molar-refractivity contribution in [3.05, 3.63) is 67.5 Å². The van der Waals surface area contributed by atoms with Gasteiger partial charge in [0, 0.05) is 27.7 Å². The van der Waals surface area contributed by atoms with Gasteiger partial charge in [-0.15, -0.1) is 0 Å². The smallest absolute Gasteiger partial charge is 0.223 e. The molecule has 1 unspecified atom stereocenters. The van der Waals surface area contributed by atoms with Crippen molar-refractivity contribution in [3.8, 4) is 0 Å². The van der Waals surface area contributed by atoms with Gasteiger partial charge in [-0.05, 0) is 89.9 Å². The van der Waals surface area contributed by atoms with E-state index in [1.807, 2.05) is 23.1 Å². The first kappa shape index (κ1) is 23.2. The number of hydroxylamine groups is 3. The Labute approximate surface area is 208 Å². The van der Waals surface area contributed by atoms with Crippen LogP contribution in [0.3, 0.4) is 0 Å². The summed E-state index contributed by atoms with van der Waals surface area (Å²) < 4.78 is 0.544. The van der Waals surface area contributed by atoms with Crippen molar-refractivity contribution >= 4 is 33.4 Å². The van der Waals surface area contributed by atoms with Crippen LogP contribution in [0.15, 0.2) is 34.9 Å². The highest BCUT2D eigenvalue weighted by Crippen LogP contribution is 2.41. The molecule has 3 aliphatic rings. The Morgan fingerprint density at radius 1 is 1.18 bits per heavy atom. The van der Waals surface area contributed by atoms with E-state index in [4.69, 9.17) is 16.6 Å². The van der Waals surface area contributed by atoms with Gasteiger partial charge in [0.1, 0.15) is 5.69 Å². The van der Waals surface area contributed by atoms with Gasteiger partial charge < -0.3 is 20.1 Å². The van der Waals surface area contributed by atoms with Crippen LogP contribution in [0.4, 0.5) is 0 Å². The molecule has 1 N–H and O–H groups in total. The molecule has 176 valence electrons. The molecule has 0 bridgehead atoms. The second kappa shape index (κ2) is 9.62. The third-order valence-corrected chi connectivity index (χ3v) is 8.20. The monoisotopic (exact) mass is 532 g/mol. The average Bonchev–Trinajstić information content (AvgIpc) is 2.97. The highest BCUT2D eigenvalue weighted by molar-refractivity contribution is 9.10. The number of rotatable bonds is 3. The Morgan fingerprint density at radius 2 is 1.91 bits per heavy atom. The Balaban J connectivity index is 1.40. The number of nitrogens with one attached hydrogen (secondary N) is 1. The number of pyridine rings is 1. The van der Waals surface area contributed by atoms with Crippen LogP contribution in [-0.2, 0) is 17.6 Å². The molecule has 1 aromatic heterocycles. The van der Waals surface area contributed by atoms with Crippen molar-refractivity contribution in [2.45, 2.75) is 38.1 Å². The van der Waals surface area contributed by atoms with Gasteiger partial charge >= 0.3 is 0 Å². The molecular weight excluding hydrogens is 504 g/mol. The summed E-state index contributed by atoms with van der Waals surface area (Å²) in [4.78, 5) is 19.6. The standard InChI is InChI=1S/C25H30BrClN4O2/c26-20-14-19-2-1-18-15-21(27)3-4-22(18)25(24(19)29-16-20)31(33)11-9-30(10-12-31)23(32)13-17-5-7-28-8-6-17/h3-4,14-17,25,28H,1-2,5-13H2. The van der Waals surface area contributed by atoms with Gasteiger partial charge in [0.25, 0.3) is 0 Å². The maximum Gasteiger partial charge on any atom is 0.223 e. The normalized spacial score (nSPS) is 22.9. The summed E-state index contributed by atoms with van der Waals surface area (Å²) >= 11 is 9.86. The van der Waals surface area contributed by atoms with E-state index in [1.165, 1.54) is 0 Å². The summed E-state index contributed by atoms with van der Waals surface area (Å²) in [6.45, 7) is 3.74. The van der Waals surface area contributed by atoms with Gasteiger partial charge in [-0.2, -0.15) is 0 Å². The summed E-state index contributed by atoms with van der Waals surface area (Å²) in [5.74, 6) is 0.656. The molecule has 6 nitrogen and oxygen atoms in total. The van der Waals surface area contributed by atoms with E-state index in [9.17, 15) is 10.0 Å². The molecule has 2 fully saturated rings. The maximum absolute atomic E-state index is 14.4. The first-order chi connectivity index (χ1) is 15.9. The highest BCUT2D eigenvalue weighted by atomic mass is 79.9. The Bertz CT molecular complexity index is 982. The van der Waals surface area contributed by atoms with Crippen LogP contribution in [0.1, 0.15) is 47.7 Å². The van der Waals surface area contributed by atoms with Crippen LogP contribution in [0, 0.1) is 11.1 Å². The molecule has 0 saturated carbocycles. The number of amides is 1. The number of carbonyl (C=O) groups excluding carboxylic acids is 1. The third kappa shape index (κ3) is 4.84. The zero-order valence-corrected chi connectivity index (χ0v) is 21.1. The van der Waals surface area contributed by atoms with Gasteiger partial charge in [-0.3, -0.25) is 9.78 Å². The highest BCUT2D eigenvalue weighted by Gasteiger charge is 2.41. The number of piperazine rings is 1. The van der Waals surface area contributed by atoms with E-state index in [2.05, 4.69) is 27.3 Å². The fourth-order valence-corrected chi connectivity index (χ4v) is 6.24. The number of fused-ring (bicyclic) bond motifs is 2. The number of hydrogen-bond acceptors (Lipinski definition) is 4. The molecule has 33 heavy (non-hydrogen) atoms. The topological polar surface area (TPSA) is 68.3 Å². The summed E-state index contributed by atoms with van der Waals surface area (Å²) in [5, 5.41) is 18.4. The van der Waals surface area contributed by atoms with Crippen molar-refractivity contribution in [2.24, 2.45) is 5.92 Å². The molecule has 0 radical (unpaired) electrons. The third-order valence-electron chi connectivity index (χ3n) is 7.53.